The molecule has 1 fully saturated rings. The van der Waals surface area contributed by atoms with E-state index in [1.807, 2.05) is 30.3 Å². The second-order valence-electron chi connectivity index (χ2n) is 11.6. The standard InChI is InChI=1S/C33H32Cl2FN5O4/c1-20-37-30(39-45-20)22-5-3-21(4-6-22)19-40(2)31(42)25(23-7-9-27(34)28(35)17-23)11-14-41-15-12-33(13-16-41)26-18-24(36)8-10-29(26)38-32(43)44-33/h3-10,17-18,25H,11-16,19H2,1-2H3,(H,38,43). The summed E-state index contributed by atoms with van der Waals surface area (Å²) in [5.41, 5.74) is 2.93. The molecule has 1 saturated heterocycles. The average Bonchev–Trinajstić information content (AvgIpc) is 3.46. The van der Waals surface area contributed by atoms with Crippen LogP contribution >= 0.6 is 23.2 Å². The van der Waals surface area contributed by atoms with E-state index in [-0.39, 0.29) is 11.7 Å². The van der Waals surface area contributed by atoms with Crippen LogP contribution in [0, 0.1) is 12.7 Å². The lowest BCUT2D eigenvalue weighted by Crippen LogP contribution is -2.48. The van der Waals surface area contributed by atoms with Gasteiger partial charge in [-0.05, 0) is 54.4 Å². The van der Waals surface area contributed by atoms with Gasteiger partial charge in [-0.2, -0.15) is 4.98 Å². The summed E-state index contributed by atoms with van der Waals surface area (Å²) in [5.74, 6) is 0.124. The first-order valence-electron chi connectivity index (χ1n) is 14.7. The Bertz CT molecular complexity index is 1720. The fourth-order valence-electron chi connectivity index (χ4n) is 6.15. The fraction of sp³-hybridized carbons (Fsp3) is 0.333. The van der Waals surface area contributed by atoms with Crippen molar-refractivity contribution in [2.24, 2.45) is 0 Å². The summed E-state index contributed by atoms with van der Waals surface area (Å²) < 4.78 is 25.0. The van der Waals surface area contributed by atoms with Crippen LogP contribution in [0.5, 0.6) is 0 Å². The summed E-state index contributed by atoms with van der Waals surface area (Å²) in [6.07, 6.45) is 1.04. The maximum absolute atomic E-state index is 14.2. The number of ether oxygens (including phenoxy) is 1. The summed E-state index contributed by atoms with van der Waals surface area (Å²) in [4.78, 5) is 34.5. The Morgan fingerprint density at radius 2 is 1.84 bits per heavy atom. The number of nitrogens with zero attached hydrogens (tertiary/aromatic N) is 4. The zero-order valence-electron chi connectivity index (χ0n) is 24.9. The average molecular weight is 653 g/mol. The molecular weight excluding hydrogens is 620 g/mol. The second kappa shape index (κ2) is 12.8. The number of piperidine rings is 1. The molecule has 3 heterocycles. The Labute approximate surface area is 270 Å². The number of halogens is 3. The van der Waals surface area contributed by atoms with E-state index < -0.39 is 17.6 Å². The third-order valence-electron chi connectivity index (χ3n) is 8.57. The van der Waals surface area contributed by atoms with Gasteiger partial charge >= 0.3 is 6.09 Å². The highest BCUT2D eigenvalue weighted by molar-refractivity contribution is 6.42. The number of likely N-dealkylation sites (N-methyl/N-ethyl adjacent to an activating group) is 1. The summed E-state index contributed by atoms with van der Waals surface area (Å²) in [7, 11) is 1.79. The molecule has 0 radical (unpaired) electrons. The lowest BCUT2D eigenvalue weighted by atomic mass is 9.82. The number of benzene rings is 3. The largest absolute Gasteiger partial charge is 0.438 e. The molecule has 2 amide bonds. The van der Waals surface area contributed by atoms with E-state index in [0.717, 1.165) is 16.7 Å². The number of carbonyl (C=O) groups is 2. The van der Waals surface area contributed by atoms with Gasteiger partial charge in [-0.1, -0.05) is 58.7 Å². The predicted molar refractivity (Wildman–Crippen MR) is 169 cm³/mol. The minimum Gasteiger partial charge on any atom is -0.438 e. The summed E-state index contributed by atoms with van der Waals surface area (Å²) in [6.45, 7) is 4.01. The Hall–Kier alpha value is -3.99. The van der Waals surface area contributed by atoms with Crippen molar-refractivity contribution in [3.8, 4) is 11.4 Å². The van der Waals surface area contributed by atoms with Gasteiger partial charge in [-0.25, -0.2) is 9.18 Å². The van der Waals surface area contributed by atoms with Crippen LogP contribution < -0.4 is 5.32 Å². The molecule has 45 heavy (non-hydrogen) atoms. The number of fused-ring (bicyclic) bond motifs is 2. The van der Waals surface area contributed by atoms with E-state index in [4.69, 9.17) is 32.5 Å². The van der Waals surface area contributed by atoms with E-state index in [1.54, 1.807) is 37.1 Å². The number of nitrogens with one attached hydrogen (secondary N) is 1. The number of carbonyl (C=O) groups excluding carboxylic acids is 2. The molecule has 1 aromatic heterocycles. The summed E-state index contributed by atoms with van der Waals surface area (Å²) in [5, 5.41) is 7.45. The van der Waals surface area contributed by atoms with Crippen LogP contribution in [0.2, 0.25) is 10.0 Å². The lowest BCUT2D eigenvalue weighted by Gasteiger charge is -2.44. The van der Waals surface area contributed by atoms with Gasteiger partial charge in [-0.3, -0.25) is 10.1 Å². The molecule has 1 spiro atoms. The second-order valence-corrected chi connectivity index (χ2v) is 12.4. The van der Waals surface area contributed by atoms with E-state index in [1.165, 1.54) is 12.1 Å². The molecule has 4 aromatic rings. The highest BCUT2D eigenvalue weighted by Gasteiger charge is 2.44. The number of rotatable bonds is 8. The minimum absolute atomic E-state index is 0.0450. The SMILES string of the molecule is Cc1nc(-c2ccc(CN(C)C(=O)C(CCN3CCC4(CC3)OC(=O)Nc3ccc(F)cc34)c3ccc(Cl)c(Cl)c3)cc2)no1. The number of hydrogen-bond acceptors (Lipinski definition) is 7. The van der Waals surface area contributed by atoms with Crippen molar-refractivity contribution in [3.63, 3.8) is 0 Å². The van der Waals surface area contributed by atoms with Crippen LogP contribution in [0.15, 0.2) is 65.2 Å². The first-order chi connectivity index (χ1) is 21.6. The molecule has 0 bridgehead atoms. The molecule has 3 aromatic carbocycles. The molecule has 1 N–H and O–H groups in total. The molecule has 2 aliphatic heterocycles. The Morgan fingerprint density at radius 3 is 2.53 bits per heavy atom. The number of hydrogen-bond donors (Lipinski definition) is 1. The zero-order chi connectivity index (χ0) is 31.7. The molecular formula is C33H32Cl2FN5O4. The first kappa shape index (κ1) is 31.0. The Kier molecular flexibility index (Phi) is 8.81. The van der Waals surface area contributed by atoms with Crippen molar-refractivity contribution in [2.45, 2.75) is 44.2 Å². The zero-order valence-corrected chi connectivity index (χ0v) is 26.4. The molecule has 0 aliphatic carbocycles. The molecule has 234 valence electrons. The van der Waals surface area contributed by atoms with Crippen LogP contribution in [0.25, 0.3) is 11.4 Å². The van der Waals surface area contributed by atoms with Gasteiger partial charge < -0.3 is 19.1 Å². The van der Waals surface area contributed by atoms with Gasteiger partial charge in [0.05, 0.1) is 21.7 Å². The van der Waals surface area contributed by atoms with Gasteiger partial charge in [0.2, 0.25) is 17.6 Å². The number of anilines is 1. The molecule has 6 rings (SSSR count). The van der Waals surface area contributed by atoms with Gasteiger partial charge in [-0.15, -0.1) is 0 Å². The van der Waals surface area contributed by atoms with Gasteiger partial charge in [0.1, 0.15) is 11.4 Å². The number of amides is 2. The topological polar surface area (TPSA) is 101 Å². The third-order valence-corrected chi connectivity index (χ3v) is 9.31. The highest BCUT2D eigenvalue weighted by atomic mass is 35.5. The van der Waals surface area contributed by atoms with E-state index in [2.05, 4.69) is 20.4 Å². The fourth-order valence-corrected chi connectivity index (χ4v) is 6.45. The van der Waals surface area contributed by atoms with E-state index >= 15 is 0 Å². The van der Waals surface area contributed by atoms with Crippen molar-refractivity contribution in [2.75, 3.05) is 32.0 Å². The summed E-state index contributed by atoms with van der Waals surface area (Å²) >= 11 is 12.6. The van der Waals surface area contributed by atoms with Crippen molar-refractivity contribution >= 4 is 40.9 Å². The Balaban J connectivity index is 1.14. The van der Waals surface area contributed by atoms with Crippen LogP contribution in [0.1, 0.15) is 47.8 Å². The molecule has 0 saturated carbocycles. The van der Waals surface area contributed by atoms with Gasteiger partial charge in [0.25, 0.3) is 0 Å². The van der Waals surface area contributed by atoms with Crippen LogP contribution in [0.4, 0.5) is 14.9 Å². The van der Waals surface area contributed by atoms with E-state index in [9.17, 15) is 14.0 Å². The maximum Gasteiger partial charge on any atom is 0.412 e. The molecule has 9 nitrogen and oxygen atoms in total. The van der Waals surface area contributed by atoms with Gasteiger partial charge in [0, 0.05) is 57.6 Å². The minimum atomic E-state index is -0.881. The maximum atomic E-state index is 14.2. The van der Waals surface area contributed by atoms with Crippen LogP contribution in [0.3, 0.4) is 0 Å². The first-order valence-corrected chi connectivity index (χ1v) is 15.5. The van der Waals surface area contributed by atoms with Crippen molar-refractivity contribution in [3.05, 3.63) is 99.1 Å². The quantitative estimate of drug-likeness (QED) is 0.215. The molecule has 12 heteroatoms. The highest BCUT2D eigenvalue weighted by Crippen LogP contribution is 2.44. The number of aromatic nitrogens is 2. The third kappa shape index (κ3) is 6.68. The van der Waals surface area contributed by atoms with Crippen molar-refractivity contribution in [1.82, 2.24) is 19.9 Å². The van der Waals surface area contributed by atoms with Crippen LogP contribution in [-0.4, -0.2) is 58.6 Å². The van der Waals surface area contributed by atoms with Crippen molar-refractivity contribution in [1.29, 1.82) is 0 Å². The number of likely N-dealkylation sites (tertiary alicyclic amines) is 1. The molecule has 1 atom stereocenters. The monoisotopic (exact) mass is 651 g/mol. The van der Waals surface area contributed by atoms with Gasteiger partial charge in [0.15, 0.2) is 0 Å². The van der Waals surface area contributed by atoms with Crippen LogP contribution in [-0.2, 0) is 21.7 Å². The number of aryl methyl sites for hydroxylation is 1. The molecule has 2 aliphatic rings. The Morgan fingerprint density at radius 1 is 1.09 bits per heavy atom. The smallest absolute Gasteiger partial charge is 0.412 e. The van der Waals surface area contributed by atoms with Crippen molar-refractivity contribution < 1.29 is 23.2 Å². The lowest BCUT2D eigenvalue weighted by molar-refractivity contribution is -0.132. The summed E-state index contributed by atoms with van der Waals surface area (Å²) in [6, 6.07) is 17.4. The molecule has 1 unspecified atom stereocenters. The predicted octanol–water partition coefficient (Wildman–Crippen LogP) is 7.18. The normalized spacial score (nSPS) is 16.5. The van der Waals surface area contributed by atoms with E-state index in [0.29, 0.717) is 78.5 Å².